The molecule has 0 bridgehead atoms. The fraction of sp³-hybridized carbons (Fsp3) is 0.316. The van der Waals surface area contributed by atoms with Crippen LogP contribution in [0, 0.1) is 0 Å². The van der Waals surface area contributed by atoms with Crippen molar-refractivity contribution in [1.29, 1.82) is 0 Å². The van der Waals surface area contributed by atoms with Gasteiger partial charge in [-0.05, 0) is 236 Å². The molecule has 0 unspecified atom stereocenters. The van der Waals surface area contributed by atoms with E-state index in [1.54, 1.807) is 0 Å². The van der Waals surface area contributed by atoms with Gasteiger partial charge in [-0.3, -0.25) is 0 Å². The third kappa shape index (κ3) is 15.1. The van der Waals surface area contributed by atoms with Gasteiger partial charge in [0.05, 0.1) is 22.2 Å². The van der Waals surface area contributed by atoms with Gasteiger partial charge < -0.3 is 15.2 Å². The average molecular weight is 1550 g/mol. The monoisotopic (exact) mass is 1550 g/mol. The molecule has 0 saturated carbocycles. The molecule has 13 aromatic carbocycles. The number of hydrogen-bond acceptors (Lipinski definition) is 2. The molecule has 118 heavy (non-hydrogen) atoms. The van der Waals surface area contributed by atoms with Gasteiger partial charge in [-0.2, -0.15) is 0 Å². The maximum absolute atomic E-state index is 10.2. The van der Waals surface area contributed by atoms with Gasteiger partial charge in [0, 0.05) is 44.6 Å². The summed E-state index contributed by atoms with van der Waals surface area (Å²) in [4.78, 5) is 0. The van der Waals surface area contributed by atoms with E-state index in [9.17, 15) is 5.48 Å². The Bertz CT molecular complexity index is 6010. The Hall–Kier alpha value is -10.7. The summed E-state index contributed by atoms with van der Waals surface area (Å²) in [5.74, 6) is 0. The van der Waals surface area contributed by atoms with Crippen molar-refractivity contribution in [2.45, 2.75) is 236 Å². The van der Waals surface area contributed by atoms with Crippen LogP contribution in [0.3, 0.4) is 0 Å². The standard InChI is InChI=1S/C114H124BN3/c1-106(2,3)77-46-38-69(39-47-77)87-33-30-34-88(70-40-48-78(49-41-70)107(4,5)6)101(87)93-60-75(73-56-82(111(16,17)18)64-83(57-73)112(19,20)21)62-95-104(93)116-97-67-86(118-99-37-29-28-32-91(99)92-66-81(110(13,14)15)54-55-100(92)118)68-98-103(97)115(95)96-63-76(74-58-84(113(22,23)24)65-85(59-74)114(25,26)27)61-94(105(96)117-98)102-89(71-42-50-79(51-43-71)108(7,8)9)35-31-36-90(102)72-44-52-80(53-45-72)109(10,11)12/h28-68,116-117H,1-27H3/i28D,29D,32D,37D. The molecular formula is C114H124BN3. The number of anilines is 4. The van der Waals surface area contributed by atoms with Gasteiger partial charge in [0.15, 0.2) is 0 Å². The quantitative estimate of drug-likeness (QED) is 0.141. The van der Waals surface area contributed by atoms with Crippen LogP contribution in [0.15, 0.2) is 249 Å². The maximum atomic E-state index is 10.2. The zero-order chi connectivity index (χ0) is 87.9. The molecule has 2 aliphatic heterocycles. The van der Waals surface area contributed by atoms with Gasteiger partial charge in [-0.1, -0.05) is 393 Å². The number of rotatable bonds is 9. The molecule has 2 aliphatic rings. The fourth-order valence-corrected chi connectivity index (χ4v) is 17.8. The lowest BCUT2D eigenvalue weighted by Gasteiger charge is -2.38. The zero-order valence-electron chi connectivity index (χ0n) is 79.4. The van der Waals surface area contributed by atoms with E-state index in [0.29, 0.717) is 10.9 Å². The number of fused-ring (bicyclic) bond motifs is 7. The van der Waals surface area contributed by atoms with Crippen molar-refractivity contribution in [3.05, 3.63) is 299 Å². The van der Waals surface area contributed by atoms with Crippen LogP contribution in [0.2, 0.25) is 0 Å². The topological polar surface area (TPSA) is 29.0 Å². The molecule has 0 aliphatic carbocycles. The third-order valence-electron chi connectivity index (χ3n) is 25.4. The molecular weight excluding hydrogens is 1420 g/mol. The van der Waals surface area contributed by atoms with Crippen molar-refractivity contribution < 1.29 is 5.48 Å². The minimum absolute atomic E-state index is 0.0633. The van der Waals surface area contributed by atoms with E-state index in [1.165, 1.54) is 44.5 Å². The molecule has 16 rings (SSSR count). The van der Waals surface area contributed by atoms with Gasteiger partial charge in [-0.15, -0.1) is 0 Å². The lowest BCUT2D eigenvalue weighted by molar-refractivity contribution is 0.568. The summed E-state index contributed by atoms with van der Waals surface area (Å²) in [6.07, 6.45) is 0. The van der Waals surface area contributed by atoms with Crippen LogP contribution in [0.25, 0.3) is 117 Å². The lowest BCUT2D eigenvalue weighted by Crippen LogP contribution is -2.59. The van der Waals surface area contributed by atoms with Gasteiger partial charge in [0.2, 0.25) is 0 Å². The summed E-state index contributed by atoms with van der Waals surface area (Å²) in [7, 11) is 0. The van der Waals surface area contributed by atoms with Gasteiger partial charge in [0.25, 0.3) is 6.71 Å². The molecule has 2 N–H and O–H groups in total. The van der Waals surface area contributed by atoms with Crippen LogP contribution in [-0.4, -0.2) is 11.3 Å². The van der Waals surface area contributed by atoms with E-state index in [0.717, 1.165) is 150 Å². The first-order valence-corrected chi connectivity index (χ1v) is 43.0. The van der Waals surface area contributed by atoms with Crippen molar-refractivity contribution in [3.8, 4) is 94.7 Å². The second kappa shape index (κ2) is 28.5. The number of benzene rings is 13. The average Bonchev–Trinajstić information content (AvgIpc) is 1.10. The molecule has 1 aromatic heterocycles. The highest BCUT2D eigenvalue weighted by Crippen LogP contribution is 2.52. The SMILES string of the molecule is [2H]c1c([2H])c([2H])c2c(c1[2H])c1cc(C(C)(C)C)ccc1n2-c1cc2c3c(c1)Nc1c(cc(-c4cc(C(C)(C)C)cc(C(C)(C)C)c4)cc1-c1c(-c4ccc(C(C)(C)C)cc4)cccc1-c1ccc(C(C)(C)C)cc1)B3c1cc(-c3cc(C(C)(C)C)cc(C(C)(C)C)c3)cc(-c3c(-c4ccc(C(C)(C)C)cc4)cccc3-c3ccc(C(C)(C)C)cc3)c1N2. The van der Waals surface area contributed by atoms with E-state index in [2.05, 4.69) is 427 Å². The normalized spacial score (nSPS) is 14.0. The molecule has 0 spiro atoms. The summed E-state index contributed by atoms with van der Waals surface area (Å²) in [6.45, 7) is 61.8. The Labute approximate surface area is 713 Å². The Morgan fingerprint density at radius 2 is 0.551 bits per heavy atom. The van der Waals surface area contributed by atoms with Crippen molar-refractivity contribution in [2.24, 2.45) is 0 Å². The Morgan fingerprint density at radius 1 is 0.254 bits per heavy atom. The molecule has 3 heterocycles. The van der Waals surface area contributed by atoms with Crippen molar-refractivity contribution in [2.75, 3.05) is 10.6 Å². The number of nitrogens with one attached hydrogen (secondary N) is 2. The van der Waals surface area contributed by atoms with Gasteiger partial charge >= 0.3 is 0 Å². The highest BCUT2D eigenvalue weighted by molar-refractivity contribution is 7.00. The molecule has 3 nitrogen and oxygen atoms in total. The van der Waals surface area contributed by atoms with Crippen molar-refractivity contribution in [3.63, 3.8) is 0 Å². The van der Waals surface area contributed by atoms with Crippen LogP contribution < -0.4 is 27.0 Å². The number of hydrogen-bond donors (Lipinski definition) is 2. The van der Waals surface area contributed by atoms with E-state index in [1.807, 2.05) is 0 Å². The van der Waals surface area contributed by atoms with Crippen molar-refractivity contribution >= 4 is 67.7 Å². The molecule has 4 heteroatoms. The predicted octanol–water partition coefficient (Wildman–Crippen LogP) is 30.4. The molecule has 0 fully saturated rings. The predicted molar refractivity (Wildman–Crippen MR) is 517 cm³/mol. The largest absolute Gasteiger partial charge is 0.356 e. The third-order valence-corrected chi connectivity index (χ3v) is 25.4. The van der Waals surface area contributed by atoms with E-state index in [4.69, 9.17) is 0 Å². The van der Waals surface area contributed by atoms with Gasteiger partial charge in [0.1, 0.15) is 0 Å². The first-order valence-electron chi connectivity index (χ1n) is 45.0. The van der Waals surface area contributed by atoms with E-state index >= 15 is 0 Å². The van der Waals surface area contributed by atoms with Crippen LogP contribution in [0.5, 0.6) is 0 Å². The highest BCUT2D eigenvalue weighted by Gasteiger charge is 2.43. The molecule has 598 valence electrons. The second-order valence-corrected chi connectivity index (χ2v) is 43.5. The minimum atomic E-state index is -0.468. The van der Waals surface area contributed by atoms with Crippen LogP contribution in [0.1, 0.15) is 242 Å². The molecule has 0 amide bonds. The zero-order valence-corrected chi connectivity index (χ0v) is 75.4. The Kier molecular flexibility index (Phi) is 18.4. The Morgan fingerprint density at radius 3 is 0.864 bits per heavy atom. The smallest absolute Gasteiger partial charge is 0.252 e. The summed E-state index contributed by atoms with van der Waals surface area (Å²) in [6, 6.07) is 86.4. The number of aromatic nitrogens is 1. The Balaban J connectivity index is 1.13. The molecule has 0 saturated heterocycles. The summed E-state index contributed by atoms with van der Waals surface area (Å²) >= 11 is 0. The van der Waals surface area contributed by atoms with Gasteiger partial charge in [-0.25, -0.2) is 0 Å². The van der Waals surface area contributed by atoms with Crippen LogP contribution >= 0.6 is 0 Å². The number of para-hydroxylation sites is 1. The molecule has 14 aromatic rings. The molecule has 0 radical (unpaired) electrons. The summed E-state index contributed by atoms with van der Waals surface area (Å²) in [5.41, 5.74) is 36.4. The summed E-state index contributed by atoms with van der Waals surface area (Å²) in [5, 5.41) is 10.1. The van der Waals surface area contributed by atoms with E-state index < -0.39 is 6.71 Å². The fourth-order valence-electron chi connectivity index (χ4n) is 17.8. The van der Waals surface area contributed by atoms with Crippen molar-refractivity contribution in [1.82, 2.24) is 4.57 Å². The second-order valence-electron chi connectivity index (χ2n) is 43.5. The van der Waals surface area contributed by atoms with E-state index in [-0.39, 0.29) is 72.9 Å². The number of nitrogens with zero attached hydrogens (tertiary/aromatic N) is 1. The highest BCUT2D eigenvalue weighted by atomic mass is 15.0. The maximum Gasteiger partial charge on any atom is 0.252 e. The van der Waals surface area contributed by atoms with Crippen LogP contribution in [-0.2, 0) is 48.7 Å². The first-order chi connectivity index (χ1) is 56.8. The minimum Gasteiger partial charge on any atom is -0.356 e. The lowest BCUT2D eigenvalue weighted by atomic mass is 9.33. The van der Waals surface area contributed by atoms with Crippen LogP contribution in [0.4, 0.5) is 22.7 Å². The first kappa shape index (κ1) is 76.0. The molecule has 0 atom stereocenters. The summed E-state index contributed by atoms with van der Waals surface area (Å²) < 4.78 is 41.1.